The van der Waals surface area contributed by atoms with Crippen molar-refractivity contribution < 1.29 is 23.8 Å². The first kappa shape index (κ1) is 13.6. The van der Waals surface area contributed by atoms with E-state index in [-0.39, 0.29) is 18.4 Å². The molecule has 0 fully saturated rings. The predicted molar refractivity (Wildman–Crippen MR) is 78.6 cm³/mol. The molecule has 4 rings (SSSR count). The number of carbonyl (C=O) groups is 1. The number of hydrogen-bond acceptors (Lipinski definition) is 4. The summed E-state index contributed by atoms with van der Waals surface area (Å²) in [5.41, 5.74) is 1.12. The molecule has 1 amide bonds. The number of ether oxygens (including phenoxy) is 2. The molecular formula is C17H11FNO4. The minimum absolute atomic E-state index is 0.129. The summed E-state index contributed by atoms with van der Waals surface area (Å²) in [6.07, 6.45) is 2.39. The summed E-state index contributed by atoms with van der Waals surface area (Å²) in [7, 11) is 0. The van der Waals surface area contributed by atoms with E-state index in [2.05, 4.69) is 6.08 Å². The highest BCUT2D eigenvalue weighted by atomic mass is 19.1. The highest BCUT2D eigenvalue weighted by Crippen LogP contribution is 2.41. The van der Waals surface area contributed by atoms with Crippen molar-refractivity contribution >= 4 is 11.6 Å². The van der Waals surface area contributed by atoms with Crippen molar-refractivity contribution in [3.63, 3.8) is 0 Å². The van der Waals surface area contributed by atoms with E-state index in [1.54, 1.807) is 18.2 Å². The molecule has 1 radical (unpaired) electrons. The van der Waals surface area contributed by atoms with Crippen LogP contribution >= 0.6 is 0 Å². The van der Waals surface area contributed by atoms with Crippen LogP contribution in [0.4, 0.5) is 10.1 Å². The fourth-order valence-corrected chi connectivity index (χ4v) is 2.73. The normalized spacial score (nSPS) is 19.2. The summed E-state index contributed by atoms with van der Waals surface area (Å²) in [5.74, 6) is 0.0505. The minimum atomic E-state index is -0.747. The Balaban J connectivity index is 1.76. The van der Waals surface area contributed by atoms with Gasteiger partial charge in [-0.25, -0.2) is 4.39 Å². The molecule has 0 aromatic heterocycles. The quantitative estimate of drug-likeness (QED) is 0.926. The monoisotopic (exact) mass is 312 g/mol. The molecule has 0 aliphatic carbocycles. The molecule has 2 aromatic carbocycles. The van der Waals surface area contributed by atoms with Crippen molar-refractivity contribution in [2.24, 2.45) is 0 Å². The first-order chi connectivity index (χ1) is 11.1. The van der Waals surface area contributed by atoms with Crippen molar-refractivity contribution in [3.05, 3.63) is 65.7 Å². The van der Waals surface area contributed by atoms with Gasteiger partial charge in [-0.2, -0.15) is 0 Å². The molecule has 2 aliphatic heterocycles. The average Bonchev–Trinajstić information content (AvgIpc) is 3.11. The molecule has 0 saturated carbocycles. The van der Waals surface area contributed by atoms with E-state index >= 15 is 0 Å². The number of anilines is 1. The Bertz CT molecular complexity index is 816. The van der Waals surface area contributed by atoms with E-state index in [4.69, 9.17) is 9.47 Å². The number of rotatable bonds is 2. The van der Waals surface area contributed by atoms with E-state index in [9.17, 15) is 14.3 Å². The van der Waals surface area contributed by atoms with Gasteiger partial charge in [-0.3, -0.25) is 9.69 Å². The van der Waals surface area contributed by atoms with Gasteiger partial charge in [0.25, 0.3) is 5.91 Å². The van der Waals surface area contributed by atoms with Gasteiger partial charge < -0.3 is 14.6 Å². The van der Waals surface area contributed by atoms with Crippen LogP contribution in [0.5, 0.6) is 11.5 Å². The van der Waals surface area contributed by atoms with Crippen molar-refractivity contribution in [1.82, 2.24) is 0 Å². The lowest BCUT2D eigenvalue weighted by atomic mass is 10.0. The predicted octanol–water partition coefficient (Wildman–Crippen LogP) is 2.89. The maximum atomic E-state index is 13.1. The van der Waals surface area contributed by atoms with Gasteiger partial charge >= 0.3 is 0 Å². The number of hydrogen-bond donors (Lipinski definition) is 1. The van der Waals surface area contributed by atoms with E-state index in [1.165, 1.54) is 29.2 Å². The summed E-state index contributed by atoms with van der Waals surface area (Å²) in [6.45, 7) is 0.129. The lowest BCUT2D eigenvalue weighted by Crippen LogP contribution is -2.29. The summed E-state index contributed by atoms with van der Waals surface area (Å²) < 4.78 is 23.7. The molecule has 1 unspecified atom stereocenters. The second-order valence-electron chi connectivity index (χ2n) is 5.18. The first-order valence-electron chi connectivity index (χ1n) is 6.94. The molecule has 1 N–H and O–H groups in total. The molecule has 2 aromatic rings. The first-order valence-corrected chi connectivity index (χ1v) is 6.94. The number of aliphatic hydroxyl groups excluding tert-OH is 1. The van der Waals surface area contributed by atoms with Crippen LogP contribution < -0.4 is 14.4 Å². The van der Waals surface area contributed by atoms with Crippen LogP contribution in [0.15, 0.2) is 48.2 Å². The Kier molecular flexibility index (Phi) is 2.97. The Hall–Kier alpha value is -3.02. The van der Waals surface area contributed by atoms with Crippen LogP contribution in [0, 0.1) is 11.9 Å². The smallest absolute Gasteiger partial charge is 0.263 e. The molecule has 2 aliphatic rings. The van der Waals surface area contributed by atoms with Crippen molar-refractivity contribution in [2.45, 2.75) is 6.04 Å². The molecule has 6 heteroatoms. The standard InChI is InChI=1S/C17H11FNO4/c18-11-3-1-10(2-4-11)17-13(20)8-16(21)19(17)12-5-6-14-15(7-12)23-9-22-14/h1-7,17,20H,9H2. The maximum Gasteiger partial charge on any atom is 0.263 e. The topological polar surface area (TPSA) is 59.0 Å². The highest BCUT2D eigenvalue weighted by Gasteiger charge is 2.36. The maximum absolute atomic E-state index is 13.1. The molecule has 0 saturated heterocycles. The third-order valence-corrected chi connectivity index (χ3v) is 3.79. The number of benzene rings is 2. The molecule has 0 bridgehead atoms. The number of fused-ring (bicyclic) bond motifs is 1. The number of halogens is 1. The minimum Gasteiger partial charge on any atom is -0.509 e. The van der Waals surface area contributed by atoms with Crippen molar-refractivity contribution in [2.75, 3.05) is 11.7 Å². The fraction of sp³-hybridized carbons (Fsp3) is 0.118. The Morgan fingerprint density at radius 3 is 2.65 bits per heavy atom. The average molecular weight is 312 g/mol. The van der Waals surface area contributed by atoms with Crippen LogP contribution in [0.1, 0.15) is 11.6 Å². The summed E-state index contributed by atoms with van der Waals surface area (Å²) in [4.78, 5) is 13.6. The molecule has 1 atom stereocenters. The van der Waals surface area contributed by atoms with Crippen LogP contribution in [0.2, 0.25) is 0 Å². The van der Waals surface area contributed by atoms with Gasteiger partial charge in [0.15, 0.2) is 11.5 Å². The van der Waals surface area contributed by atoms with E-state index < -0.39 is 11.9 Å². The van der Waals surface area contributed by atoms with Gasteiger partial charge in [-0.1, -0.05) is 12.1 Å². The summed E-state index contributed by atoms with van der Waals surface area (Å²) in [5, 5.41) is 10.1. The molecule has 0 spiro atoms. The van der Waals surface area contributed by atoms with Gasteiger partial charge in [0.05, 0.1) is 6.08 Å². The second kappa shape index (κ2) is 5.01. The fourth-order valence-electron chi connectivity index (χ4n) is 2.73. The molecule has 5 nitrogen and oxygen atoms in total. The molecule has 2 heterocycles. The Morgan fingerprint density at radius 1 is 1.13 bits per heavy atom. The Labute approximate surface area is 131 Å². The molecule has 23 heavy (non-hydrogen) atoms. The zero-order valence-corrected chi connectivity index (χ0v) is 11.8. The number of amides is 1. The van der Waals surface area contributed by atoms with Gasteiger partial charge in [0.1, 0.15) is 17.6 Å². The summed E-state index contributed by atoms with van der Waals surface area (Å²) >= 11 is 0. The lowest BCUT2D eigenvalue weighted by molar-refractivity contribution is -0.114. The van der Waals surface area contributed by atoms with Crippen LogP contribution in [-0.4, -0.2) is 17.8 Å². The number of carbonyl (C=O) groups excluding carboxylic acids is 1. The van der Waals surface area contributed by atoms with Crippen LogP contribution in [-0.2, 0) is 4.79 Å². The van der Waals surface area contributed by atoms with Crippen molar-refractivity contribution in [3.8, 4) is 11.5 Å². The van der Waals surface area contributed by atoms with Crippen molar-refractivity contribution in [1.29, 1.82) is 0 Å². The van der Waals surface area contributed by atoms with Gasteiger partial charge in [0, 0.05) is 11.8 Å². The molecular weight excluding hydrogens is 301 g/mol. The third kappa shape index (κ3) is 2.19. The zero-order chi connectivity index (χ0) is 16.0. The van der Waals surface area contributed by atoms with E-state index in [0.717, 1.165) is 0 Å². The Morgan fingerprint density at radius 2 is 1.87 bits per heavy atom. The zero-order valence-electron chi connectivity index (χ0n) is 11.8. The molecule has 115 valence electrons. The van der Waals surface area contributed by atoms with Gasteiger partial charge in [-0.15, -0.1) is 0 Å². The van der Waals surface area contributed by atoms with Crippen LogP contribution in [0.25, 0.3) is 0 Å². The van der Waals surface area contributed by atoms with Gasteiger partial charge in [-0.05, 0) is 29.8 Å². The summed E-state index contributed by atoms with van der Waals surface area (Å²) in [6, 6.07) is 9.92. The largest absolute Gasteiger partial charge is 0.509 e. The number of aliphatic hydroxyl groups is 1. The van der Waals surface area contributed by atoms with E-state index in [0.29, 0.717) is 22.7 Å². The lowest BCUT2D eigenvalue weighted by Gasteiger charge is -2.26. The second-order valence-corrected chi connectivity index (χ2v) is 5.18. The SMILES string of the molecule is O=C1[C]=C(O)C(c2ccc(F)cc2)N1c1ccc2c(c1)OCO2. The third-order valence-electron chi connectivity index (χ3n) is 3.79. The number of nitrogens with zero attached hydrogens (tertiary/aromatic N) is 1. The van der Waals surface area contributed by atoms with E-state index in [1.807, 2.05) is 0 Å². The van der Waals surface area contributed by atoms with Gasteiger partial charge in [0.2, 0.25) is 6.79 Å². The van der Waals surface area contributed by atoms with Crippen LogP contribution in [0.3, 0.4) is 0 Å². The highest BCUT2D eigenvalue weighted by molar-refractivity contribution is 6.03.